The molecule has 1 aromatic carbocycles. The number of hydrogen-bond acceptors (Lipinski definition) is 7. The van der Waals surface area contributed by atoms with Gasteiger partial charge in [0.2, 0.25) is 0 Å². The van der Waals surface area contributed by atoms with Gasteiger partial charge in [-0.05, 0) is 50.7 Å². The zero-order valence-corrected chi connectivity index (χ0v) is 23.5. The van der Waals surface area contributed by atoms with Gasteiger partial charge in [0.05, 0.1) is 29.1 Å². The fraction of sp³-hybridized carbons (Fsp3) is 0.613. The third-order valence-corrected chi connectivity index (χ3v) is 9.83. The molecule has 1 saturated carbocycles. The number of aromatic amines is 1. The Hall–Kier alpha value is -3.08. The van der Waals surface area contributed by atoms with Crippen molar-refractivity contribution in [1.29, 1.82) is 0 Å². The first-order valence-corrected chi connectivity index (χ1v) is 15.5. The molecule has 10 heteroatoms. The van der Waals surface area contributed by atoms with E-state index in [4.69, 9.17) is 4.74 Å². The van der Waals surface area contributed by atoms with Crippen molar-refractivity contribution >= 4 is 16.9 Å². The molecule has 2 aromatic heterocycles. The van der Waals surface area contributed by atoms with Gasteiger partial charge in [0.25, 0.3) is 11.5 Å². The predicted molar refractivity (Wildman–Crippen MR) is 153 cm³/mol. The number of fused-ring (bicyclic) bond motifs is 3. The molecule has 41 heavy (non-hydrogen) atoms. The van der Waals surface area contributed by atoms with E-state index in [1.807, 2.05) is 28.8 Å². The minimum Gasteiger partial charge on any atom is -0.366 e. The Morgan fingerprint density at radius 2 is 1.73 bits per heavy atom. The number of rotatable bonds is 7. The highest BCUT2D eigenvalue weighted by atomic mass is 16.7. The van der Waals surface area contributed by atoms with Crippen molar-refractivity contribution in [3.8, 4) is 0 Å². The number of benzene rings is 1. The number of ether oxygens (including phenoxy) is 1. The molecule has 10 nitrogen and oxygen atoms in total. The lowest BCUT2D eigenvalue weighted by atomic mass is 9.89. The summed E-state index contributed by atoms with van der Waals surface area (Å²) in [6.45, 7) is 0. The van der Waals surface area contributed by atoms with Crippen molar-refractivity contribution in [2.75, 3.05) is 0 Å². The molecule has 4 aliphatic rings. The largest absolute Gasteiger partial charge is 0.366 e. The first-order valence-electron chi connectivity index (χ1n) is 15.5. The van der Waals surface area contributed by atoms with Crippen molar-refractivity contribution in [2.24, 2.45) is 0 Å². The number of epoxide rings is 1. The number of nitrogens with zero attached hydrogens (tertiary/aromatic N) is 4. The van der Waals surface area contributed by atoms with E-state index in [0.717, 1.165) is 24.1 Å². The van der Waals surface area contributed by atoms with Crippen LogP contribution in [0.15, 0.2) is 41.6 Å². The van der Waals surface area contributed by atoms with Crippen LogP contribution in [0.4, 0.5) is 0 Å². The summed E-state index contributed by atoms with van der Waals surface area (Å²) in [6, 6.07) is 8.75. The summed E-state index contributed by atoms with van der Waals surface area (Å²) in [7, 11) is 0. The Balaban J connectivity index is 1.17. The summed E-state index contributed by atoms with van der Waals surface area (Å²) < 4.78 is 7.15. The van der Waals surface area contributed by atoms with Crippen LogP contribution in [0.25, 0.3) is 11.0 Å². The van der Waals surface area contributed by atoms with E-state index < -0.39 is 24.3 Å². The Kier molecular flexibility index (Phi) is 7.39. The number of aliphatic hydroxyl groups is 1. The highest BCUT2D eigenvalue weighted by molar-refractivity contribution is 5.94. The SMILES string of the molecule is O=C(NC(Cc1c[nH]cn1)C1OC1O)c1nc2ccccc2n([C@H]2C[C@H]3CC[C@@H](C2)N3C2CCCCCCC2)c1=O. The first kappa shape index (κ1) is 26.8. The highest BCUT2D eigenvalue weighted by Crippen LogP contribution is 2.44. The van der Waals surface area contributed by atoms with E-state index in [0.29, 0.717) is 30.1 Å². The van der Waals surface area contributed by atoms with Crippen LogP contribution in [0, 0.1) is 0 Å². The topological polar surface area (TPSA) is 129 Å². The van der Waals surface area contributed by atoms with Crippen molar-refractivity contribution < 1.29 is 14.6 Å². The van der Waals surface area contributed by atoms with Crippen LogP contribution in [0.2, 0.25) is 0 Å². The molecule has 0 radical (unpaired) electrons. The molecule has 3 aromatic rings. The summed E-state index contributed by atoms with van der Waals surface area (Å²) in [5.41, 5.74) is 1.69. The van der Waals surface area contributed by atoms with Gasteiger partial charge in [0.15, 0.2) is 12.0 Å². The Morgan fingerprint density at radius 3 is 2.41 bits per heavy atom. The molecular weight excluding hydrogens is 520 g/mol. The summed E-state index contributed by atoms with van der Waals surface area (Å²) in [5.74, 6) is -0.548. The zero-order chi connectivity index (χ0) is 27.9. The van der Waals surface area contributed by atoms with Crippen LogP contribution >= 0.6 is 0 Å². The number of H-pyrrole nitrogens is 1. The summed E-state index contributed by atoms with van der Waals surface area (Å²) in [6.07, 6.45) is 15.7. The maximum atomic E-state index is 14.1. The van der Waals surface area contributed by atoms with Crippen molar-refractivity contribution in [3.63, 3.8) is 0 Å². The fourth-order valence-corrected chi connectivity index (χ4v) is 7.91. The van der Waals surface area contributed by atoms with Gasteiger partial charge in [0, 0.05) is 36.8 Å². The summed E-state index contributed by atoms with van der Waals surface area (Å²) in [5, 5.41) is 12.9. The second kappa shape index (κ2) is 11.3. The molecule has 6 atom stereocenters. The molecule has 0 spiro atoms. The van der Waals surface area contributed by atoms with E-state index in [2.05, 4.69) is 25.2 Å². The fourth-order valence-electron chi connectivity index (χ4n) is 7.91. The third-order valence-electron chi connectivity index (χ3n) is 9.83. The molecular formula is C31H40N6O4. The molecule has 2 bridgehead atoms. The Bertz CT molecular complexity index is 1420. The molecule has 3 saturated heterocycles. The van der Waals surface area contributed by atoms with Crippen LogP contribution in [-0.4, -0.2) is 72.0 Å². The van der Waals surface area contributed by atoms with Gasteiger partial charge in [-0.2, -0.15) is 0 Å². The average Bonchev–Trinajstić information content (AvgIpc) is 3.33. The number of imidazole rings is 1. The molecule has 3 N–H and O–H groups in total. The zero-order valence-electron chi connectivity index (χ0n) is 23.5. The smallest absolute Gasteiger partial charge is 0.282 e. The monoisotopic (exact) mass is 560 g/mol. The first-order chi connectivity index (χ1) is 20.1. The number of para-hydroxylation sites is 2. The predicted octanol–water partition coefficient (Wildman–Crippen LogP) is 3.46. The molecule has 218 valence electrons. The molecule has 4 fully saturated rings. The summed E-state index contributed by atoms with van der Waals surface area (Å²) >= 11 is 0. The van der Waals surface area contributed by atoms with Crippen molar-refractivity contribution in [1.82, 2.24) is 29.7 Å². The van der Waals surface area contributed by atoms with Crippen molar-refractivity contribution in [2.45, 2.75) is 120 Å². The normalized spacial score (nSPS) is 29.6. The van der Waals surface area contributed by atoms with Gasteiger partial charge < -0.3 is 24.7 Å². The number of hydrogen-bond donors (Lipinski definition) is 3. The molecule has 3 unspecified atom stereocenters. The van der Waals surface area contributed by atoms with Gasteiger partial charge in [-0.3, -0.25) is 14.5 Å². The molecule has 1 amide bonds. The lowest BCUT2D eigenvalue weighted by Gasteiger charge is -2.45. The number of carbonyl (C=O) groups excluding carboxylic acids is 1. The number of nitrogens with one attached hydrogen (secondary N) is 2. The van der Waals surface area contributed by atoms with Gasteiger partial charge in [-0.15, -0.1) is 0 Å². The number of aromatic nitrogens is 4. The lowest BCUT2D eigenvalue weighted by molar-refractivity contribution is 0.0497. The van der Waals surface area contributed by atoms with Gasteiger partial charge in [-0.25, -0.2) is 9.97 Å². The average molecular weight is 561 g/mol. The number of aliphatic hydroxyl groups excluding tert-OH is 1. The van der Waals surface area contributed by atoms with Gasteiger partial charge in [-0.1, -0.05) is 44.2 Å². The van der Waals surface area contributed by atoms with Crippen LogP contribution in [0.5, 0.6) is 0 Å². The van der Waals surface area contributed by atoms with Crippen LogP contribution in [0.3, 0.4) is 0 Å². The number of amides is 1. The van der Waals surface area contributed by atoms with Crippen LogP contribution < -0.4 is 10.9 Å². The maximum absolute atomic E-state index is 14.1. The van der Waals surface area contributed by atoms with E-state index in [1.165, 1.54) is 57.8 Å². The summed E-state index contributed by atoms with van der Waals surface area (Å²) in [4.78, 5) is 42.3. The van der Waals surface area contributed by atoms with E-state index in [-0.39, 0.29) is 17.3 Å². The third kappa shape index (κ3) is 5.33. The quantitative estimate of drug-likeness (QED) is 0.378. The van der Waals surface area contributed by atoms with E-state index in [1.54, 1.807) is 12.5 Å². The second-order valence-corrected chi connectivity index (χ2v) is 12.4. The maximum Gasteiger partial charge on any atom is 0.282 e. The standard InChI is InChI=1S/C31H40N6O4/c38-29(35-25(28-31(40)41-28)14-19-17-32-18-33-19)27-30(39)37(26-11-7-6-10-24(26)34-27)23-15-21-12-13-22(16-23)36(21)20-8-4-2-1-3-5-9-20/h6-7,10-11,17-18,20-23,25,28,31,40H,1-5,8-9,12-16H2,(H,32,33)(H,35,38)/t21-,22+,23+,25?,28?,31?. The molecule has 5 heterocycles. The Labute approximate surface area is 239 Å². The lowest BCUT2D eigenvalue weighted by Crippen LogP contribution is -2.50. The van der Waals surface area contributed by atoms with Crippen LogP contribution in [-0.2, 0) is 11.2 Å². The second-order valence-electron chi connectivity index (χ2n) is 12.4. The number of piperidine rings is 1. The van der Waals surface area contributed by atoms with Crippen molar-refractivity contribution in [3.05, 3.63) is 58.5 Å². The highest BCUT2D eigenvalue weighted by Gasteiger charge is 2.46. The van der Waals surface area contributed by atoms with E-state index >= 15 is 0 Å². The minimum atomic E-state index is -0.945. The molecule has 7 rings (SSSR count). The molecule has 3 aliphatic heterocycles. The van der Waals surface area contributed by atoms with Gasteiger partial charge in [0.1, 0.15) is 6.10 Å². The van der Waals surface area contributed by atoms with E-state index in [9.17, 15) is 14.7 Å². The minimum absolute atomic E-state index is 0.0256. The Morgan fingerprint density at radius 1 is 1.02 bits per heavy atom. The number of carbonyl (C=O) groups is 1. The van der Waals surface area contributed by atoms with Crippen LogP contribution in [0.1, 0.15) is 92.9 Å². The van der Waals surface area contributed by atoms with Gasteiger partial charge >= 0.3 is 0 Å². The molecule has 1 aliphatic carbocycles.